The van der Waals surface area contributed by atoms with Crippen LogP contribution >= 0.6 is 0 Å². The van der Waals surface area contributed by atoms with Gasteiger partial charge in [-0.15, -0.1) is 0 Å². The number of unbranched alkanes of at least 4 members (excludes halogenated alkanes) is 1. The first-order chi connectivity index (χ1) is 42.6. The van der Waals surface area contributed by atoms with Crippen molar-refractivity contribution in [2.75, 3.05) is 6.54 Å². The summed E-state index contributed by atoms with van der Waals surface area (Å²) in [6.45, 7) is 12.4. The summed E-state index contributed by atoms with van der Waals surface area (Å²) in [5.41, 5.74) is 2.83. The predicted octanol–water partition coefficient (Wildman–Crippen LogP) is 8.36. The van der Waals surface area contributed by atoms with E-state index in [1.54, 1.807) is 91.1 Å². The maximum atomic E-state index is 15.2. The lowest BCUT2D eigenvalue weighted by molar-refractivity contribution is -0.150. The molecule has 1 aliphatic carbocycles. The van der Waals surface area contributed by atoms with Gasteiger partial charge in [-0.3, -0.25) is 28.8 Å². The number of rotatable bonds is 29. The molecule has 20 nitrogen and oxygen atoms in total. The molecule has 89 heavy (non-hydrogen) atoms. The van der Waals surface area contributed by atoms with Crippen molar-refractivity contribution < 1.29 is 57.3 Å². The van der Waals surface area contributed by atoms with Gasteiger partial charge in [0, 0.05) is 48.9 Å². The van der Waals surface area contributed by atoms with Crippen molar-refractivity contribution in [2.45, 2.75) is 173 Å². The number of para-hydroxylation sites is 1. The SMILES string of the molecule is CC(OC(C)(C)C)C(NC(=O)C(CCCCNC(=O)OC(C)(C)C)NC(=O)C(Cc1c[nH]c2ccccc12)NC(=O)C(Cc1ccccc1)NC(=O)OCc1ccccc1)C(=O)NC(Cc1ccccc1)C(=O)NC1CCCC1C(=O)OCc1ccccc1. The Labute approximate surface area is 521 Å². The molecular weight excluding hydrogens is 1130 g/mol. The number of carbonyl (C=O) groups excluding carboxylic acids is 8. The highest BCUT2D eigenvalue weighted by Gasteiger charge is 2.40. The second-order valence-corrected chi connectivity index (χ2v) is 24.5. The molecule has 1 aliphatic rings. The Bertz CT molecular complexity index is 3280. The van der Waals surface area contributed by atoms with Gasteiger partial charge in [0.25, 0.3) is 0 Å². The summed E-state index contributed by atoms with van der Waals surface area (Å²) in [5.74, 6) is -4.67. The number of aromatic amines is 1. The van der Waals surface area contributed by atoms with Gasteiger partial charge in [-0.05, 0) is 114 Å². The molecule has 5 aromatic carbocycles. The van der Waals surface area contributed by atoms with E-state index in [-0.39, 0.29) is 51.9 Å². The fraction of sp³-hybridized carbons (Fsp3) is 0.420. The number of hydrogen-bond donors (Lipinski definition) is 8. The van der Waals surface area contributed by atoms with Crippen molar-refractivity contribution in [1.82, 2.24) is 42.2 Å². The van der Waals surface area contributed by atoms with Gasteiger partial charge in [0.1, 0.15) is 49.0 Å². The van der Waals surface area contributed by atoms with Crippen molar-refractivity contribution >= 4 is 58.6 Å². The maximum absolute atomic E-state index is 15.2. The molecule has 1 heterocycles. The zero-order chi connectivity index (χ0) is 63.9. The van der Waals surface area contributed by atoms with Crippen molar-refractivity contribution in [2.24, 2.45) is 5.92 Å². The van der Waals surface area contributed by atoms with Gasteiger partial charge in [0.2, 0.25) is 29.5 Å². The van der Waals surface area contributed by atoms with Gasteiger partial charge in [-0.2, -0.15) is 0 Å². The van der Waals surface area contributed by atoms with Crippen LogP contribution in [0.2, 0.25) is 0 Å². The maximum Gasteiger partial charge on any atom is 0.408 e. The zero-order valence-corrected chi connectivity index (χ0v) is 51.9. The minimum absolute atomic E-state index is 0.0218. The van der Waals surface area contributed by atoms with Crippen LogP contribution in [-0.2, 0) is 80.2 Å². The topological polar surface area (TPSA) is 273 Å². The zero-order valence-electron chi connectivity index (χ0n) is 51.9. The Morgan fingerprint density at radius 1 is 0.517 bits per heavy atom. The van der Waals surface area contributed by atoms with Gasteiger partial charge in [0.05, 0.1) is 17.6 Å². The van der Waals surface area contributed by atoms with Crippen LogP contribution in [0.1, 0.15) is 115 Å². The van der Waals surface area contributed by atoms with Gasteiger partial charge in [0.15, 0.2) is 0 Å². The fourth-order valence-corrected chi connectivity index (χ4v) is 10.6. The number of esters is 1. The van der Waals surface area contributed by atoms with Crippen LogP contribution < -0.4 is 37.2 Å². The molecule has 0 radical (unpaired) electrons. The fourth-order valence-electron chi connectivity index (χ4n) is 10.6. The smallest absolute Gasteiger partial charge is 0.408 e. The lowest BCUT2D eigenvalue weighted by Crippen LogP contribution is -2.62. The number of H-pyrrole nitrogens is 1. The normalized spacial score (nSPS) is 16.0. The van der Waals surface area contributed by atoms with Crippen LogP contribution in [0.3, 0.4) is 0 Å². The number of ether oxygens (including phenoxy) is 4. The molecule has 7 rings (SSSR count). The van der Waals surface area contributed by atoms with Crippen LogP contribution in [0, 0.1) is 5.92 Å². The molecule has 8 unspecified atom stereocenters. The molecule has 1 saturated carbocycles. The molecule has 7 amide bonds. The van der Waals surface area contributed by atoms with E-state index in [2.05, 4.69) is 42.2 Å². The van der Waals surface area contributed by atoms with Crippen LogP contribution in [0.25, 0.3) is 10.9 Å². The molecule has 0 bridgehead atoms. The summed E-state index contributed by atoms with van der Waals surface area (Å²) in [4.78, 5) is 118. The standard InChI is InChI=1S/C69H86N8O12/c1-45(88-68(2,3)4)59(64(82)75-56(39-46-25-12-8-13-26-46)61(79)72-54-37-24-34-52(54)65(83)86-43-48-29-16-10-17-30-48)77-60(78)55(36-22-23-38-70-66(84)89-69(5,6)7)73-63(81)58(41-50-42-71-53-35-21-20-33-51(50)53)74-62(80)57(40-47-27-14-9-15-28-47)76-67(85)87-44-49-31-18-11-19-32-49/h8-21,25-33,35,42,45,52,54-59,71H,22-24,34,36-41,43-44H2,1-7H3,(H,70,84)(H,72,79)(H,73,81)(H,74,80)(H,75,82)(H,76,85)(H,77,78). The summed E-state index contributed by atoms with van der Waals surface area (Å²) in [6, 6.07) is 36.7. The highest BCUT2D eigenvalue weighted by atomic mass is 16.6. The Balaban J connectivity index is 1.16. The quantitative estimate of drug-likeness (QED) is 0.0125. The van der Waals surface area contributed by atoms with E-state index in [0.29, 0.717) is 36.8 Å². The summed E-state index contributed by atoms with van der Waals surface area (Å²) in [6.07, 6.45) is 1.42. The molecule has 474 valence electrons. The van der Waals surface area contributed by atoms with Crippen molar-refractivity contribution in [1.29, 1.82) is 0 Å². The molecule has 20 heteroatoms. The number of hydrogen-bond acceptors (Lipinski definition) is 12. The van der Waals surface area contributed by atoms with E-state index >= 15 is 14.4 Å². The molecule has 0 spiro atoms. The van der Waals surface area contributed by atoms with Gasteiger partial charge < -0.3 is 61.1 Å². The number of carbonyl (C=O) groups is 8. The number of aromatic nitrogens is 1. The minimum atomic E-state index is -1.47. The Morgan fingerprint density at radius 2 is 1.02 bits per heavy atom. The average Bonchev–Trinajstić information content (AvgIpc) is 2.66. The van der Waals surface area contributed by atoms with Crippen molar-refractivity contribution in [3.8, 4) is 0 Å². The van der Waals surface area contributed by atoms with Gasteiger partial charge >= 0.3 is 18.2 Å². The Hall–Kier alpha value is -9.04. The van der Waals surface area contributed by atoms with Crippen molar-refractivity contribution in [3.63, 3.8) is 0 Å². The molecule has 8 atom stereocenters. The van der Waals surface area contributed by atoms with Crippen LogP contribution in [-0.4, -0.2) is 113 Å². The van der Waals surface area contributed by atoms with Gasteiger partial charge in [-0.25, -0.2) is 9.59 Å². The summed E-state index contributed by atoms with van der Waals surface area (Å²) in [5, 5.41) is 20.8. The lowest BCUT2D eigenvalue weighted by atomic mass is 10.0. The molecule has 1 aromatic heterocycles. The number of nitrogens with one attached hydrogen (secondary N) is 8. The molecule has 1 fully saturated rings. The first-order valence-electron chi connectivity index (χ1n) is 30.5. The van der Waals surface area contributed by atoms with Crippen LogP contribution in [0.5, 0.6) is 0 Å². The van der Waals surface area contributed by atoms with E-state index < -0.39 is 107 Å². The van der Waals surface area contributed by atoms with Gasteiger partial charge in [-0.1, -0.05) is 146 Å². The van der Waals surface area contributed by atoms with E-state index in [1.807, 2.05) is 109 Å². The van der Waals surface area contributed by atoms with E-state index in [1.165, 1.54) is 0 Å². The minimum Gasteiger partial charge on any atom is -0.461 e. The first kappa shape index (κ1) is 67.5. The summed E-state index contributed by atoms with van der Waals surface area (Å²) in [7, 11) is 0. The monoisotopic (exact) mass is 1220 g/mol. The Morgan fingerprint density at radius 3 is 1.61 bits per heavy atom. The molecule has 8 N–H and O–H groups in total. The number of benzene rings is 5. The molecule has 0 aliphatic heterocycles. The van der Waals surface area contributed by atoms with Crippen LogP contribution in [0.15, 0.2) is 152 Å². The molecular formula is C69H86N8O12. The molecule has 6 aromatic rings. The van der Waals surface area contributed by atoms with E-state index in [9.17, 15) is 24.0 Å². The van der Waals surface area contributed by atoms with Crippen LogP contribution in [0.4, 0.5) is 9.59 Å². The average molecular weight is 1220 g/mol. The highest BCUT2D eigenvalue weighted by molar-refractivity contribution is 5.97. The third kappa shape index (κ3) is 22.3. The van der Waals surface area contributed by atoms with Crippen molar-refractivity contribution in [3.05, 3.63) is 180 Å². The third-order valence-corrected chi connectivity index (χ3v) is 14.9. The molecule has 0 saturated heterocycles. The Kier molecular flexibility index (Phi) is 24.9. The number of amides is 7. The van der Waals surface area contributed by atoms with E-state index in [0.717, 1.165) is 27.6 Å². The predicted molar refractivity (Wildman–Crippen MR) is 337 cm³/mol. The van der Waals surface area contributed by atoms with E-state index in [4.69, 9.17) is 18.9 Å². The number of alkyl carbamates (subject to hydrolysis) is 2. The third-order valence-electron chi connectivity index (χ3n) is 14.9. The summed E-state index contributed by atoms with van der Waals surface area (Å²) >= 11 is 0. The lowest BCUT2D eigenvalue weighted by Gasteiger charge is -2.33. The number of fused-ring (bicyclic) bond motifs is 1. The summed E-state index contributed by atoms with van der Waals surface area (Å²) < 4.78 is 23.1. The highest BCUT2D eigenvalue weighted by Crippen LogP contribution is 2.28. The second kappa shape index (κ2) is 32.8. The largest absolute Gasteiger partial charge is 0.461 e. The second-order valence-electron chi connectivity index (χ2n) is 24.5. The first-order valence-corrected chi connectivity index (χ1v) is 30.5.